The second-order valence-electron chi connectivity index (χ2n) is 8.98. The van der Waals surface area contributed by atoms with E-state index >= 15 is 8.78 Å². The first-order valence-electron chi connectivity index (χ1n) is 11.8. The van der Waals surface area contributed by atoms with Gasteiger partial charge < -0.3 is 9.47 Å². The molecule has 1 saturated carbocycles. The average Bonchev–Trinajstić information content (AvgIpc) is 2.82. The van der Waals surface area contributed by atoms with Gasteiger partial charge >= 0.3 is 0 Å². The van der Waals surface area contributed by atoms with Gasteiger partial charge in [-0.25, -0.2) is 17.6 Å². The molecule has 1 fully saturated rings. The highest BCUT2D eigenvalue weighted by atomic mass is 19.2. The van der Waals surface area contributed by atoms with Crippen LogP contribution < -0.4 is 9.47 Å². The minimum absolute atomic E-state index is 0.0905. The van der Waals surface area contributed by atoms with E-state index in [-0.39, 0.29) is 29.2 Å². The molecule has 2 unspecified atom stereocenters. The van der Waals surface area contributed by atoms with Gasteiger partial charge in [0.15, 0.2) is 35.5 Å². The van der Waals surface area contributed by atoms with Crippen molar-refractivity contribution in [3.63, 3.8) is 0 Å². The Morgan fingerprint density at radius 1 is 0.848 bits per heavy atom. The third kappa shape index (κ3) is 4.62. The third-order valence-corrected chi connectivity index (χ3v) is 6.91. The van der Waals surface area contributed by atoms with Gasteiger partial charge in [-0.2, -0.15) is 0 Å². The smallest absolute Gasteiger partial charge is 0.171 e. The van der Waals surface area contributed by atoms with Crippen molar-refractivity contribution in [2.24, 2.45) is 11.8 Å². The van der Waals surface area contributed by atoms with E-state index in [4.69, 9.17) is 9.47 Å². The van der Waals surface area contributed by atoms with Crippen molar-refractivity contribution in [1.29, 1.82) is 0 Å². The molecule has 0 amide bonds. The van der Waals surface area contributed by atoms with Crippen molar-refractivity contribution in [2.45, 2.75) is 57.8 Å². The molecule has 2 atom stereocenters. The monoisotopic (exact) mass is 462 g/mol. The molecule has 2 aromatic carbocycles. The van der Waals surface area contributed by atoms with E-state index in [0.29, 0.717) is 18.4 Å². The van der Waals surface area contributed by atoms with E-state index in [2.05, 4.69) is 6.58 Å². The summed E-state index contributed by atoms with van der Waals surface area (Å²) < 4.78 is 71.0. The Morgan fingerprint density at radius 3 is 1.88 bits per heavy atom. The topological polar surface area (TPSA) is 18.5 Å². The maximum Gasteiger partial charge on any atom is 0.171 e. The molecular formula is C27H30F4O2. The summed E-state index contributed by atoms with van der Waals surface area (Å²) in [6.45, 7) is 5.97. The van der Waals surface area contributed by atoms with Crippen molar-refractivity contribution < 1.29 is 27.0 Å². The van der Waals surface area contributed by atoms with Crippen LogP contribution in [0.2, 0.25) is 0 Å². The van der Waals surface area contributed by atoms with Crippen LogP contribution in [0.25, 0.3) is 11.1 Å². The molecule has 0 radical (unpaired) electrons. The summed E-state index contributed by atoms with van der Waals surface area (Å²) in [6, 6.07) is 5.72. The molecule has 0 N–H and O–H groups in total. The number of fused-ring (bicyclic) bond motifs is 3. The van der Waals surface area contributed by atoms with Gasteiger partial charge in [0, 0.05) is 11.1 Å². The second-order valence-corrected chi connectivity index (χ2v) is 8.98. The number of ether oxygens (including phenoxy) is 2. The molecule has 2 aliphatic rings. The van der Waals surface area contributed by atoms with Crippen LogP contribution in [0.5, 0.6) is 11.5 Å². The average molecular weight is 463 g/mol. The van der Waals surface area contributed by atoms with Crippen molar-refractivity contribution >= 4 is 0 Å². The Labute approximate surface area is 192 Å². The summed E-state index contributed by atoms with van der Waals surface area (Å²) in [5.41, 5.74) is -0.567. The molecule has 2 nitrogen and oxygen atoms in total. The van der Waals surface area contributed by atoms with Crippen LogP contribution in [0.4, 0.5) is 17.6 Å². The molecule has 0 saturated heterocycles. The molecule has 0 spiro atoms. The van der Waals surface area contributed by atoms with Crippen molar-refractivity contribution in [2.75, 3.05) is 13.2 Å². The summed E-state index contributed by atoms with van der Waals surface area (Å²) in [6.07, 6.45) is 3.67. The van der Waals surface area contributed by atoms with Gasteiger partial charge in [-0.3, -0.25) is 0 Å². The fourth-order valence-corrected chi connectivity index (χ4v) is 5.07. The number of alkyl halides is 2. The fourth-order valence-electron chi connectivity index (χ4n) is 5.07. The molecular weight excluding hydrogens is 432 g/mol. The number of halogens is 4. The predicted molar refractivity (Wildman–Crippen MR) is 121 cm³/mol. The van der Waals surface area contributed by atoms with E-state index in [0.717, 1.165) is 38.5 Å². The summed E-state index contributed by atoms with van der Waals surface area (Å²) in [7, 11) is 0. The Balaban J connectivity index is 1.53. The molecule has 2 aliphatic carbocycles. The zero-order valence-electron chi connectivity index (χ0n) is 18.9. The summed E-state index contributed by atoms with van der Waals surface area (Å²) in [4.78, 5) is 0. The predicted octanol–water partition coefficient (Wildman–Crippen LogP) is 8.22. The van der Waals surface area contributed by atoms with Crippen LogP contribution in [0.15, 0.2) is 36.9 Å². The fraction of sp³-hybridized carbons (Fsp3) is 0.481. The van der Waals surface area contributed by atoms with Gasteiger partial charge in [0.2, 0.25) is 0 Å². The minimum Gasteiger partial charge on any atom is -0.491 e. The maximum atomic E-state index is 15.3. The summed E-state index contributed by atoms with van der Waals surface area (Å²) in [5.74, 6) is -1.09. The van der Waals surface area contributed by atoms with Crippen LogP contribution in [-0.4, -0.2) is 13.2 Å². The van der Waals surface area contributed by atoms with Gasteiger partial charge in [0.05, 0.1) is 13.2 Å². The first-order chi connectivity index (χ1) is 16.0. The van der Waals surface area contributed by atoms with Crippen molar-refractivity contribution in [1.82, 2.24) is 0 Å². The first-order valence-corrected chi connectivity index (χ1v) is 11.8. The lowest BCUT2D eigenvalue weighted by Crippen LogP contribution is -2.21. The highest BCUT2D eigenvalue weighted by Crippen LogP contribution is 2.52. The molecule has 178 valence electrons. The Kier molecular flexibility index (Phi) is 7.30. The second kappa shape index (κ2) is 10.2. The SMILES string of the molecule is C=CCCC1CCC(COc2ccc3c(c2F)C(F)C(F)c2c-3ccc(OCC)c2F)CC1. The molecule has 2 aromatic rings. The normalized spacial score (nSPS) is 24.0. The Hall–Kier alpha value is -2.50. The summed E-state index contributed by atoms with van der Waals surface area (Å²) in [5, 5.41) is 0. The largest absolute Gasteiger partial charge is 0.491 e. The van der Waals surface area contributed by atoms with Crippen molar-refractivity contribution in [3.05, 3.63) is 59.7 Å². The molecule has 6 heteroatoms. The van der Waals surface area contributed by atoms with E-state index in [1.165, 1.54) is 24.3 Å². The standard InChI is InChI=1S/C27H30F4O2/c1-3-5-6-16-7-9-17(10-8-16)15-33-21-14-12-19-18-11-13-20(32-4-2)24(28)22(18)26(30)27(31)23(19)25(21)29/h3,11-14,16-17,26-27H,1,4-10,15H2,2H3. The molecule has 0 heterocycles. The highest BCUT2D eigenvalue weighted by molar-refractivity contribution is 5.76. The number of rotatable bonds is 8. The van der Waals surface area contributed by atoms with Gasteiger partial charge in [0.1, 0.15) is 0 Å². The molecule has 4 rings (SSSR count). The molecule has 0 bridgehead atoms. The van der Waals surface area contributed by atoms with Gasteiger partial charge in [-0.05, 0) is 67.7 Å². The number of allylic oxidation sites excluding steroid dienone is 1. The zero-order chi connectivity index (χ0) is 23.5. The van der Waals surface area contributed by atoms with Gasteiger partial charge in [-0.1, -0.05) is 31.1 Å². The maximum absolute atomic E-state index is 15.3. The molecule has 0 aromatic heterocycles. The zero-order valence-corrected chi connectivity index (χ0v) is 18.9. The van der Waals surface area contributed by atoms with Crippen LogP contribution in [0.3, 0.4) is 0 Å². The number of hydrogen-bond donors (Lipinski definition) is 0. The van der Waals surface area contributed by atoms with E-state index in [1.807, 2.05) is 6.08 Å². The Morgan fingerprint density at radius 2 is 1.36 bits per heavy atom. The Bertz CT molecular complexity index is 998. The van der Waals surface area contributed by atoms with Gasteiger partial charge in [0.25, 0.3) is 0 Å². The molecule has 33 heavy (non-hydrogen) atoms. The van der Waals surface area contributed by atoms with Crippen LogP contribution in [0.1, 0.15) is 68.9 Å². The number of benzene rings is 2. The van der Waals surface area contributed by atoms with Crippen LogP contribution in [-0.2, 0) is 0 Å². The lowest BCUT2D eigenvalue weighted by Gasteiger charge is -2.30. The first kappa shape index (κ1) is 23.7. The minimum atomic E-state index is -2.33. The van der Waals surface area contributed by atoms with Crippen LogP contribution >= 0.6 is 0 Å². The van der Waals surface area contributed by atoms with Crippen molar-refractivity contribution in [3.8, 4) is 22.6 Å². The third-order valence-electron chi connectivity index (χ3n) is 6.91. The van der Waals surface area contributed by atoms with Gasteiger partial charge in [-0.15, -0.1) is 6.58 Å². The van der Waals surface area contributed by atoms with E-state index < -0.39 is 35.1 Å². The highest BCUT2D eigenvalue weighted by Gasteiger charge is 2.40. The van der Waals surface area contributed by atoms with E-state index in [1.54, 1.807) is 6.92 Å². The lowest BCUT2D eigenvalue weighted by atomic mass is 9.80. The number of hydrogen-bond acceptors (Lipinski definition) is 2. The van der Waals surface area contributed by atoms with E-state index in [9.17, 15) is 8.78 Å². The quantitative estimate of drug-likeness (QED) is 0.291. The molecule has 0 aliphatic heterocycles. The summed E-state index contributed by atoms with van der Waals surface area (Å²) >= 11 is 0. The lowest BCUT2D eigenvalue weighted by molar-refractivity contribution is 0.154. The van der Waals surface area contributed by atoms with Crippen LogP contribution in [0, 0.1) is 23.5 Å².